The molecular weight excluding hydrogens is 292 g/mol. The second-order valence-electron chi connectivity index (χ2n) is 5.88. The molecule has 6 heteroatoms. The van der Waals surface area contributed by atoms with E-state index in [0.29, 0.717) is 5.92 Å². The summed E-state index contributed by atoms with van der Waals surface area (Å²) in [6, 6.07) is 8.16. The Hall–Kier alpha value is -2.21. The van der Waals surface area contributed by atoms with E-state index in [4.69, 9.17) is 9.47 Å². The van der Waals surface area contributed by atoms with E-state index < -0.39 is 0 Å². The SMILES string of the molecule is COc1ccc([C@H](C)NC[C@H]2CNc3ccnn3C2)c(OC)c1. The largest absolute Gasteiger partial charge is 0.497 e. The van der Waals surface area contributed by atoms with Crippen molar-refractivity contribution in [3.63, 3.8) is 0 Å². The summed E-state index contributed by atoms with van der Waals surface area (Å²) >= 11 is 0. The Morgan fingerprint density at radius 3 is 3.00 bits per heavy atom. The number of hydrogen-bond donors (Lipinski definition) is 2. The van der Waals surface area contributed by atoms with Crippen LogP contribution in [-0.4, -0.2) is 37.1 Å². The molecule has 124 valence electrons. The average Bonchev–Trinajstić information content (AvgIpc) is 3.06. The van der Waals surface area contributed by atoms with Crippen LogP contribution in [0.2, 0.25) is 0 Å². The van der Waals surface area contributed by atoms with Gasteiger partial charge in [0.2, 0.25) is 0 Å². The lowest BCUT2D eigenvalue weighted by Gasteiger charge is -2.27. The van der Waals surface area contributed by atoms with Crippen LogP contribution >= 0.6 is 0 Å². The summed E-state index contributed by atoms with van der Waals surface area (Å²) in [5.41, 5.74) is 1.14. The van der Waals surface area contributed by atoms with Crippen molar-refractivity contribution in [2.75, 3.05) is 32.6 Å². The lowest BCUT2D eigenvalue weighted by molar-refractivity contribution is 0.364. The van der Waals surface area contributed by atoms with Gasteiger partial charge < -0.3 is 20.1 Å². The highest BCUT2D eigenvalue weighted by atomic mass is 16.5. The topological polar surface area (TPSA) is 60.3 Å². The van der Waals surface area contributed by atoms with Crippen LogP contribution in [0.4, 0.5) is 5.82 Å². The Morgan fingerprint density at radius 2 is 2.22 bits per heavy atom. The molecule has 0 spiro atoms. The lowest BCUT2D eigenvalue weighted by atomic mass is 10.0. The van der Waals surface area contributed by atoms with Crippen LogP contribution in [0.1, 0.15) is 18.5 Å². The van der Waals surface area contributed by atoms with Crippen molar-refractivity contribution in [2.45, 2.75) is 19.5 Å². The van der Waals surface area contributed by atoms with Gasteiger partial charge in [-0.25, -0.2) is 4.68 Å². The summed E-state index contributed by atoms with van der Waals surface area (Å²) < 4.78 is 12.8. The molecule has 0 fully saturated rings. The van der Waals surface area contributed by atoms with Gasteiger partial charge in [-0.1, -0.05) is 6.07 Å². The average molecular weight is 316 g/mol. The molecule has 0 amide bonds. The van der Waals surface area contributed by atoms with Gasteiger partial charge in [-0.3, -0.25) is 0 Å². The maximum absolute atomic E-state index is 5.49. The maximum atomic E-state index is 5.49. The van der Waals surface area contributed by atoms with Crippen molar-refractivity contribution in [1.82, 2.24) is 15.1 Å². The Kier molecular flexibility index (Phi) is 4.71. The first-order chi connectivity index (χ1) is 11.2. The zero-order chi connectivity index (χ0) is 16.2. The van der Waals surface area contributed by atoms with Crippen molar-refractivity contribution >= 4 is 5.82 Å². The van der Waals surface area contributed by atoms with E-state index in [1.54, 1.807) is 14.2 Å². The van der Waals surface area contributed by atoms with Gasteiger partial charge in [0.1, 0.15) is 17.3 Å². The number of anilines is 1. The molecule has 2 aromatic rings. The van der Waals surface area contributed by atoms with Gasteiger partial charge in [0.05, 0.1) is 20.4 Å². The number of hydrogen-bond acceptors (Lipinski definition) is 5. The molecule has 2 N–H and O–H groups in total. The number of rotatable bonds is 6. The van der Waals surface area contributed by atoms with Crippen molar-refractivity contribution in [2.24, 2.45) is 5.92 Å². The van der Waals surface area contributed by atoms with Crippen LogP contribution in [0.25, 0.3) is 0 Å². The van der Waals surface area contributed by atoms with E-state index in [2.05, 4.69) is 28.7 Å². The predicted molar refractivity (Wildman–Crippen MR) is 90.2 cm³/mol. The number of nitrogens with one attached hydrogen (secondary N) is 2. The molecule has 0 aliphatic carbocycles. The van der Waals surface area contributed by atoms with Crippen LogP contribution in [0, 0.1) is 5.92 Å². The van der Waals surface area contributed by atoms with E-state index in [0.717, 1.165) is 42.5 Å². The van der Waals surface area contributed by atoms with E-state index in [1.165, 1.54) is 0 Å². The number of benzene rings is 1. The fourth-order valence-corrected chi connectivity index (χ4v) is 2.95. The normalized spacial score (nSPS) is 18.0. The van der Waals surface area contributed by atoms with Crippen LogP contribution in [0.15, 0.2) is 30.5 Å². The van der Waals surface area contributed by atoms with E-state index in [-0.39, 0.29) is 6.04 Å². The van der Waals surface area contributed by atoms with Crippen molar-refractivity contribution < 1.29 is 9.47 Å². The zero-order valence-corrected chi connectivity index (χ0v) is 13.9. The van der Waals surface area contributed by atoms with Crippen molar-refractivity contribution in [1.29, 1.82) is 0 Å². The molecule has 0 bridgehead atoms. The predicted octanol–water partition coefficient (Wildman–Crippen LogP) is 2.29. The third kappa shape index (κ3) is 3.42. The standard InChI is InChI=1S/C17H24N4O2/c1-12(15-5-4-14(22-2)8-16(15)23-3)18-9-13-10-19-17-6-7-20-21(17)11-13/h4-8,12-13,18-19H,9-11H2,1-3H3/t12-,13-/m0/s1. The summed E-state index contributed by atoms with van der Waals surface area (Å²) in [4.78, 5) is 0. The molecule has 1 aromatic heterocycles. The zero-order valence-electron chi connectivity index (χ0n) is 13.9. The number of nitrogens with zero attached hydrogens (tertiary/aromatic N) is 2. The number of methoxy groups -OCH3 is 2. The minimum Gasteiger partial charge on any atom is -0.497 e. The molecule has 0 unspecified atom stereocenters. The minimum atomic E-state index is 0.204. The van der Waals surface area contributed by atoms with Gasteiger partial charge in [0.25, 0.3) is 0 Å². The molecule has 1 aliphatic heterocycles. The van der Waals surface area contributed by atoms with Crippen molar-refractivity contribution in [3.8, 4) is 11.5 Å². The lowest BCUT2D eigenvalue weighted by Crippen LogP contribution is -2.36. The Morgan fingerprint density at radius 1 is 1.35 bits per heavy atom. The summed E-state index contributed by atoms with van der Waals surface area (Å²) in [5.74, 6) is 3.26. The smallest absolute Gasteiger partial charge is 0.127 e. The van der Waals surface area contributed by atoms with Gasteiger partial charge in [0, 0.05) is 49.3 Å². The molecule has 1 aromatic carbocycles. The van der Waals surface area contributed by atoms with Crippen molar-refractivity contribution in [3.05, 3.63) is 36.0 Å². The van der Waals surface area contributed by atoms with Gasteiger partial charge in [0.15, 0.2) is 0 Å². The molecule has 1 aliphatic rings. The molecule has 2 atom stereocenters. The summed E-state index contributed by atoms with van der Waals surface area (Å²) in [6.45, 7) is 4.97. The third-order valence-electron chi connectivity index (χ3n) is 4.34. The molecule has 2 heterocycles. The number of aromatic nitrogens is 2. The Balaban J connectivity index is 1.60. The quantitative estimate of drug-likeness (QED) is 0.856. The van der Waals surface area contributed by atoms with Gasteiger partial charge >= 0.3 is 0 Å². The first kappa shape index (κ1) is 15.7. The Bertz CT molecular complexity index is 656. The van der Waals surface area contributed by atoms with E-state index >= 15 is 0 Å². The summed E-state index contributed by atoms with van der Waals surface area (Å²) in [5, 5.41) is 11.3. The van der Waals surface area contributed by atoms with Gasteiger partial charge in [-0.05, 0) is 13.0 Å². The van der Waals surface area contributed by atoms with Crippen LogP contribution in [0.5, 0.6) is 11.5 Å². The van der Waals surface area contributed by atoms with Crippen LogP contribution in [-0.2, 0) is 6.54 Å². The fourth-order valence-electron chi connectivity index (χ4n) is 2.95. The van der Waals surface area contributed by atoms with E-state index in [9.17, 15) is 0 Å². The Labute approximate surface area is 136 Å². The summed E-state index contributed by atoms with van der Waals surface area (Å²) in [6.07, 6.45) is 1.84. The first-order valence-corrected chi connectivity index (χ1v) is 7.92. The molecule has 23 heavy (non-hydrogen) atoms. The molecular formula is C17H24N4O2. The fraction of sp³-hybridized carbons (Fsp3) is 0.471. The molecule has 0 saturated heterocycles. The van der Waals surface area contributed by atoms with E-state index in [1.807, 2.05) is 29.1 Å². The highest BCUT2D eigenvalue weighted by Gasteiger charge is 2.19. The number of fused-ring (bicyclic) bond motifs is 1. The minimum absolute atomic E-state index is 0.204. The molecule has 0 radical (unpaired) electrons. The van der Waals surface area contributed by atoms with Gasteiger partial charge in [-0.2, -0.15) is 5.10 Å². The second kappa shape index (κ2) is 6.91. The van der Waals surface area contributed by atoms with Crippen LogP contribution < -0.4 is 20.1 Å². The number of ether oxygens (including phenoxy) is 2. The highest BCUT2D eigenvalue weighted by molar-refractivity contribution is 5.42. The maximum Gasteiger partial charge on any atom is 0.127 e. The van der Waals surface area contributed by atoms with Gasteiger partial charge in [-0.15, -0.1) is 0 Å². The van der Waals surface area contributed by atoms with Crippen LogP contribution in [0.3, 0.4) is 0 Å². The highest BCUT2D eigenvalue weighted by Crippen LogP contribution is 2.29. The third-order valence-corrected chi connectivity index (χ3v) is 4.34. The first-order valence-electron chi connectivity index (χ1n) is 7.92. The molecule has 6 nitrogen and oxygen atoms in total. The second-order valence-corrected chi connectivity index (χ2v) is 5.88. The molecule has 3 rings (SSSR count). The monoisotopic (exact) mass is 316 g/mol. The summed E-state index contributed by atoms with van der Waals surface area (Å²) in [7, 11) is 3.35. The molecule has 0 saturated carbocycles.